The van der Waals surface area contributed by atoms with Crippen molar-refractivity contribution in [2.45, 2.75) is 18.9 Å². The molecule has 2 aromatic heterocycles. The molecule has 2 aromatic rings. The summed E-state index contributed by atoms with van der Waals surface area (Å²) in [7, 11) is 1.52. The first-order valence-electron chi connectivity index (χ1n) is 7.11. The van der Waals surface area contributed by atoms with Crippen molar-refractivity contribution in [2.24, 2.45) is 0 Å². The van der Waals surface area contributed by atoms with Crippen LogP contribution in [0.5, 0.6) is 11.9 Å². The van der Waals surface area contributed by atoms with E-state index in [2.05, 4.69) is 9.97 Å². The van der Waals surface area contributed by atoms with Crippen molar-refractivity contribution >= 4 is 17.2 Å². The summed E-state index contributed by atoms with van der Waals surface area (Å²) in [5, 5.41) is 3.81. The monoisotopic (exact) mass is 319 g/mol. The minimum atomic E-state index is 0.0612. The van der Waals surface area contributed by atoms with Crippen molar-refractivity contribution < 1.29 is 14.3 Å². The zero-order valence-electron chi connectivity index (χ0n) is 12.3. The number of hydrogen-bond acceptors (Lipinski definition) is 6. The normalized spacial score (nSPS) is 15.6. The van der Waals surface area contributed by atoms with Gasteiger partial charge in [0.1, 0.15) is 6.10 Å². The maximum atomic E-state index is 12.3. The first-order chi connectivity index (χ1) is 10.8. The highest BCUT2D eigenvalue weighted by molar-refractivity contribution is 7.08. The van der Waals surface area contributed by atoms with Crippen molar-refractivity contribution in [3.63, 3.8) is 0 Å². The third-order valence-corrected chi connectivity index (χ3v) is 4.26. The fourth-order valence-electron chi connectivity index (χ4n) is 2.41. The molecule has 7 heteroatoms. The van der Waals surface area contributed by atoms with E-state index in [0.717, 1.165) is 18.4 Å². The Kier molecular flexibility index (Phi) is 4.53. The summed E-state index contributed by atoms with van der Waals surface area (Å²) in [6.07, 6.45) is 3.26. The predicted octanol–water partition coefficient (Wildman–Crippen LogP) is 2.23. The number of methoxy groups -OCH3 is 1. The average Bonchev–Trinajstić information content (AvgIpc) is 3.09. The Morgan fingerprint density at radius 2 is 2.18 bits per heavy atom. The van der Waals surface area contributed by atoms with E-state index in [-0.39, 0.29) is 12.0 Å². The zero-order chi connectivity index (χ0) is 15.4. The zero-order valence-corrected chi connectivity index (χ0v) is 13.1. The van der Waals surface area contributed by atoms with Crippen LogP contribution in [-0.2, 0) is 0 Å². The number of ether oxygens (including phenoxy) is 2. The number of likely N-dealkylation sites (tertiary alicyclic amines) is 1. The molecular formula is C15H17N3O3S. The quantitative estimate of drug-likeness (QED) is 0.864. The molecule has 116 valence electrons. The molecule has 0 radical (unpaired) electrons. The molecule has 0 bridgehead atoms. The van der Waals surface area contributed by atoms with E-state index in [9.17, 15) is 4.79 Å². The predicted molar refractivity (Wildman–Crippen MR) is 82.5 cm³/mol. The van der Waals surface area contributed by atoms with Crippen LogP contribution >= 0.6 is 11.3 Å². The van der Waals surface area contributed by atoms with Gasteiger partial charge in [0.15, 0.2) is 0 Å². The van der Waals surface area contributed by atoms with Crippen LogP contribution < -0.4 is 9.47 Å². The summed E-state index contributed by atoms with van der Waals surface area (Å²) in [6.45, 7) is 1.39. The molecule has 1 fully saturated rings. The van der Waals surface area contributed by atoms with Gasteiger partial charge in [0, 0.05) is 43.6 Å². The lowest BCUT2D eigenvalue weighted by Crippen LogP contribution is -2.41. The van der Waals surface area contributed by atoms with Crippen LogP contribution in [0.4, 0.5) is 0 Å². The molecule has 0 aliphatic carbocycles. The van der Waals surface area contributed by atoms with E-state index < -0.39 is 0 Å². The molecule has 0 spiro atoms. The Bertz CT molecular complexity index is 625. The lowest BCUT2D eigenvalue weighted by Gasteiger charge is -2.31. The minimum absolute atomic E-state index is 0.0612. The maximum Gasteiger partial charge on any atom is 0.319 e. The van der Waals surface area contributed by atoms with Crippen LogP contribution in [0.2, 0.25) is 0 Å². The Balaban J connectivity index is 1.54. The Morgan fingerprint density at radius 3 is 2.86 bits per heavy atom. The molecule has 0 saturated carbocycles. The molecule has 3 heterocycles. The molecule has 0 N–H and O–H groups in total. The van der Waals surface area contributed by atoms with Crippen LogP contribution in [0.1, 0.15) is 23.2 Å². The number of hydrogen-bond donors (Lipinski definition) is 0. The highest BCUT2D eigenvalue weighted by atomic mass is 32.1. The standard InChI is InChI=1S/C15H17N3O3S/c1-20-15-16-6-2-13(17-15)21-12-3-7-18(8-4-12)14(19)11-5-9-22-10-11/h2,5-6,9-10,12H,3-4,7-8H2,1H3. The van der Waals surface area contributed by atoms with Gasteiger partial charge in [-0.05, 0) is 11.4 Å². The van der Waals surface area contributed by atoms with Crippen LogP contribution in [0.15, 0.2) is 29.1 Å². The van der Waals surface area contributed by atoms with Gasteiger partial charge in [-0.1, -0.05) is 0 Å². The van der Waals surface area contributed by atoms with E-state index in [0.29, 0.717) is 25.0 Å². The highest BCUT2D eigenvalue weighted by Crippen LogP contribution is 2.20. The second-order valence-electron chi connectivity index (χ2n) is 5.00. The van der Waals surface area contributed by atoms with Crippen LogP contribution in [0.25, 0.3) is 0 Å². The van der Waals surface area contributed by atoms with Gasteiger partial charge in [0.25, 0.3) is 5.91 Å². The third kappa shape index (κ3) is 3.36. The summed E-state index contributed by atoms with van der Waals surface area (Å²) >= 11 is 1.54. The summed E-state index contributed by atoms with van der Waals surface area (Å²) < 4.78 is 10.8. The van der Waals surface area contributed by atoms with Crippen molar-refractivity contribution in [3.8, 4) is 11.9 Å². The number of thiophene rings is 1. The smallest absolute Gasteiger partial charge is 0.319 e. The summed E-state index contributed by atoms with van der Waals surface area (Å²) in [5.41, 5.74) is 0.768. The minimum Gasteiger partial charge on any atom is -0.474 e. The second kappa shape index (κ2) is 6.74. The number of piperidine rings is 1. The van der Waals surface area contributed by atoms with Crippen molar-refractivity contribution in [3.05, 3.63) is 34.7 Å². The number of nitrogens with zero attached hydrogens (tertiary/aromatic N) is 3. The molecule has 1 aliphatic heterocycles. The summed E-state index contributed by atoms with van der Waals surface area (Å²) in [5.74, 6) is 0.609. The number of carbonyl (C=O) groups excluding carboxylic acids is 1. The molecule has 22 heavy (non-hydrogen) atoms. The van der Waals surface area contributed by atoms with Crippen molar-refractivity contribution in [1.82, 2.24) is 14.9 Å². The summed E-state index contributed by atoms with van der Waals surface area (Å²) in [6, 6.07) is 3.87. The second-order valence-corrected chi connectivity index (χ2v) is 5.78. The number of carbonyl (C=O) groups is 1. The lowest BCUT2D eigenvalue weighted by atomic mass is 10.1. The fraction of sp³-hybridized carbons (Fsp3) is 0.400. The molecule has 0 atom stereocenters. The van der Waals surface area contributed by atoms with Gasteiger partial charge in [0.2, 0.25) is 5.88 Å². The molecule has 1 aliphatic rings. The SMILES string of the molecule is COc1nccc(OC2CCN(C(=O)c3ccsc3)CC2)n1. The van der Waals surface area contributed by atoms with Gasteiger partial charge in [-0.3, -0.25) is 4.79 Å². The first-order valence-corrected chi connectivity index (χ1v) is 8.05. The van der Waals surface area contributed by atoms with Crippen molar-refractivity contribution in [2.75, 3.05) is 20.2 Å². The van der Waals surface area contributed by atoms with E-state index >= 15 is 0 Å². The van der Waals surface area contributed by atoms with E-state index in [1.54, 1.807) is 12.3 Å². The molecule has 6 nitrogen and oxygen atoms in total. The maximum absolute atomic E-state index is 12.3. The Labute approximate surface area is 132 Å². The molecular weight excluding hydrogens is 302 g/mol. The van der Waals surface area contributed by atoms with E-state index in [1.165, 1.54) is 18.4 Å². The molecule has 3 rings (SSSR count). The third-order valence-electron chi connectivity index (χ3n) is 3.58. The van der Waals surface area contributed by atoms with Crippen LogP contribution in [0, 0.1) is 0 Å². The molecule has 0 aromatic carbocycles. The molecule has 1 saturated heterocycles. The van der Waals surface area contributed by atoms with Gasteiger partial charge >= 0.3 is 6.01 Å². The van der Waals surface area contributed by atoms with Gasteiger partial charge in [-0.2, -0.15) is 16.3 Å². The average molecular weight is 319 g/mol. The van der Waals surface area contributed by atoms with Gasteiger partial charge in [0.05, 0.1) is 12.7 Å². The van der Waals surface area contributed by atoms with E-state index in [1.807, 2.05) is 21.7 Å². The largest absolute Gasteiger partial charge is 0.474 e. The Morgan fingerprint density at radius 1 is 1.36 bits per heavy atom. The fourth-order valence-corrected chi connectivity index (χ4v) is 3.04. The lowest BCUT2D eigenvalue weighted by molar-refractivity contribution is 0.0587. The van der Waals surface area contributed by atoms with Crippen LogP contribution in [0.3, 0.4) is 0 Å². The first kappa shape index (κ1) is 14.8. The number of amides is 1. The van der Waals surface area contributed by atoms with Gasteiger partial charge in [-0.25, -0.2) is 4.98 Å². The highest BCUT2D eigenvalue weighted by Gasteiger charge is 2.25. The van der Waals surface area contributed by atoms with Gasteiger partial charge in [-0.15, -0.1) is 0 Å². The van der Waals surface area contributed by atoms with E-state index in [4.69, 9.17) is 9.47 Å². The van der Waals surface area contributed by atoms with Crippen LogP contribution in [-0.4, -0.2) is 47.1 Å². The summed E-state index contributed by atoms with van der Waals surface area (Å²) in [4.78, 5) is 22.2. The number of aromatic nitrogens is 2. The molecule has 1 amide bonds. The van der Waals surface area contributed by atoms with Gasteiger partial charge < -0.3 is 14.4 Å². The molecule has 0 unspecified atom stereocenters. The number of rotatable bonds is 4. The Hall–Kier alpha value is -2.15. The van der Waals surface area contributed by atoms with Crippen molar-refractivity contribution in [1.29, 1.82) is 0 Å². The topological polar surface area (TPSA) is 64.6 Å².